The molecular weight excluding hydrogens is 416 g/mol. The summed E-state index contributed by atoms with van der Waals surface area (Å²) >= 11 is 17.9. The van der Waals surface area contributed by atoms with E-state index in [1.165, 1.54) is 26.3 Å². The lowest BCUT2D eigenvalue weighted by molar-refractivity contribution is -0.138. The van der Waals surface area contributed by atoms with Gasteiger partial charge in [0.05, 0.1) is 18.2 Å². The summed E-state index contributed by atoms with van der Waals surface area (Å²) in [5, 5.41) is 0.702. The topological polar surface area (TPSA) is 42.4 Å². The highest BCUT2D eigenvalue weighted by molar-refractivity contribution is 6.39. The van der Waals surface area contributed by atoms with Crippen LogP contribution < -0.4 is 4.74 Å². The van der Waals surface area contributed by atoms with Crippen LogP contribution in [0.1, 0.15) is 21.5 Å². The van der Waals surface area contributed by atoms with Gasteiger partial charge in [0.2, 0.25) is 5.88 Å². The van der Waals surface area contributed by atoms with Crippen molar-refractivity contribution < 1.29 is 22.7 Å². The maximum absolute atomic E-state index is 13.3. The lowest BCUT2D eigenvalue weighted by atomic mass is 10.1. The summed E-state index contributed by atoms with van der Waals surface area (Å²) in [6, 6.07) is 3.53. The van der Waals surface area contributed by atoms with Gasteiger partial charge < -0.3 is 9.64 Å². The predicted octanol–water partition coefficient (Wildman–Crippen LogP) is 5.34. The van der Waals surface area contributed by atoms with Crippen molar-refractivity contribution in [2.45, 2.75) is 12.7 Å². The first-order valence-corrected chi connectivity index (χ1v) is 8.18. The molecule has 10 heteroatoms. The number of methoxy groups -OCH3 is 1. The van der Waals surface area contributed by atoms with Crippen LogP contribution in [-0.2, 0) is 12.7 Å². The van der Waals surface area contributed by atoms with Crippen LogP contribution in [0.2, 0.25) is 15.1 Å². The average Bonchev–Trinajstić information content (AvgIpc) is 2.55. The zero-order valence-electron chi connectivity index (χ0n) is 13.5. The number of amides is 1. The van der Waals surface area contributed by atoms with Crippen molar-refractivity contribution in [3.05, 3.63) is 56.2 Å². The Morgan fingerprint density at radius 1 is 1.19 bits per heavy atom. The van der Waals surface area contributed by atoms with E-state index in [0.29, 0.717) is 16.7 Å². The number of aromatic nitrogens is 1. The normalized spacial score (nSPS) is 11.4. The highest BCUT2D eigenvalue weighted by atomic mass is 35.5. The number of halogens is 6. The van der Waals surface area contributed by atoms with Crippen molar-refractivity contribution in [2.75, 3.05) is 14.2 Å². The van der Waals surface area contributed by atoms with Gasteiger partial charge >= 0.3 is 6.18 Å². The quantitative estimate of drug-likeness (QED) is 0.661. The summed E-state index contributed by atoms with van der Waals surface area (Å²) in [7, 11) is 2.51. The van der Waals surface area contributed by atoms with Gasteiger partial charge in [-0.15, -0.1) is 0 Å². The summed E-state index contributed by atoms with van der Waals surface area (Å²) in [6.45, 7) is -0.114. The molecule has 2 rings (SSSR count). The molecule has 140 valence electrons. The van der Waals surface area contributed by atoms with E-state index in [1.807, 2.05) is 0 Å². The van der Waals surface area contributed by atoms with E-state index in [2.05, 4.69) is 4.98 Å². The molecule has 26 heavy (non-hydrogen) atoms. The van der Waals surface area contributed by atoms with Gasteiger partial charge in [-0.25, -0.2) is 4.98 Å². The number of rotatable bonds is 4. The van der Waals surface area contributed by atoms with Crippen molar-refractivity contribution in [1.82, 2.24) is 9.88 Å². The Hall–Kier alpha value is -1.70. The number of benzene rings is 1. The number of carbonyl (C=O) groups excluding carboxylic acids is 1. The number of pyridine rings is 1. The smallest absolute Gasteiger partial charge is 0.417 e. The standard InChI is InChI=1S/C16H12Cl3F3N2O2/c1-24(7-10-12(18)3-8(17)4-13(10)19)15(25)9-6-23-14(26-2)5-11(9)16(20,21)22/h3-6H,7H2,1-2H3. The summed E-state index contributed by atoms with van der Waals surface area (Å²) in [5.41, 5.74) is -1.39. The highest BCUT2D eigenvalue weighted by Crippen LogP contribution is 2.35. The number of nitrogens with zero attached hydrogens (tertiary/aromatic N) is 2. The van der Waals surface area contributed by atoms with E-state index in [-0.39, 0.29) is 22.5 Å². The molecule has 4 nitrogen and oxygen atoms in total. The van der Waals surface area contributed by atoms with Crippen LogP contribution in [-0.4, -0.2) is 29.9 Å². The Morgan fingerprint density at radius 2 is 1.77 bits per heavy atom. The monoisotopic (exact) mass is 426 g/mol. The van der Waals surface area contributed by atoms with Crippen molar-refractivity contribution in [2.24, 2.45) is 0 Å². The fourth-order valence-corrected chi connectivity index (χ4v) is 3.13. The molecule has 0 aliphatic carbocycles. The molecule has 0 atom stereocenters. The van der Waals surface area contributed by atoms with E-state index in [0.717, 1.165) is 11.1 Å². The maximum atomic E-state index is 13.3. The number of ether oxygens (including phenoxy) is 1. The maximum Gasteiger partial charge on any atom is 0.417 e. The van der Waals surface area contributed by atoms with Gasteiger partial charge in [0.15, 0.2) is 0 Å². The minimum Gasteiger partial charge on any atom is -0.481 e. The first-order chi connectivity index (χ1) is 12.0. The van der Waals surface area contributed by atoms with Gasteiger partial charge in [-0.05, 0) is 12.1 Å². The summed E-state index contributed by atoms with van der Waals surface area (Å²) < 4.78 is 44.5. The molecule has 0 spiro atoms. The van der Waals surface area contributed by atoms with Crippen LogP contribution in [0.3, 0.4) is 0 Å². The second-order valence-corrected chi connectivity index (χ2v) is 6.53. The molecule has 0 fully saturated rings. The zero-order chi connectivity index (χ0) is 19.6. The predicted molar refractivity (Wildman–Crippen MR) is 93.1 cm³/mol. The molecule has 0 aliphatic rings. The summed E-state index contributed by atoms with van der Waals surface area (Å²) in [6.07, 6.45) is -3.93. The molecule has 2 aromatic rings. The molecule has 1 amide bonds. The number of alkyl halides is 3. The lowest BCUT2D eigenvalue weighted by Crippen LogP contribution is -2.29. The molecule has 0 unspecified atom stereocenters. The van der Waals surface area contributed by atoms with E-state index < -0.39 is 23.2 Å². The third-order valence-corrected chi connectivity index (χ3v) is 4.36. The van der Waals surface area contributed by atoms with Crippen LogP contribution in [0.5, 0.6) is 5.88 Å². The third-order valence-electron chi connectivity index (χ3n) is 3.47. The van der Waals surface area contributed by atoms with E-state index in [9.17, 15) is 18.0 Å². The molecule has 1 heterocycles. The van der Waals surface area contributed by atoms with Gasteiger partial charge in [0, 0.05) is 46.5 Å². The summed E-state index contributed by atoms with van der Waals surface area (Å²) in [4.78, 5) is 17.3. The minimum atomic E-state index is -4.75. The Bertz CT molecular complexity index is 821. The fraction of sp³-hybridized carbons (Fsp3) is 0.250. The zero-order valence-corrected chi connectivity index (χ0v) is 15.8. The van der Waals surface area contributed by atoms with Crippen molar-refractivity contribution in [3.8, 4) is 5.88 Å². The minimum absolute atomic E-state index is 0.114. The first kappa shape index (κ1) is 20.6. The fourth-order valence-electron chi connectivity index (χ4n) is 2.19. The van der Waals surface area contributed by atoms with Gasteiger partial charge in [-0.1, -0.05) is 34.8 Å². The molecule has 0 radical (unpaired) electrons. The summed E-state index contributed by atoms with van der Waals surface area (Å²) in [5.74, 6) is -1.14. The van der Waals surface area contributed by atoms with Gasteiger partial charge in [-0.2, -0.15) is 13.2 Å². The van der Waals surface area contributed by atoms with Crippen LogP contribution >= 0.6 is 34.8 Å². The van der Waals surface area contributed by atoms with Gasteiger partial charge in [0.25, 0.3) is 5.91 Å². The SMILES string of the molecule is COc1cc(C(F)(F)F)c(C(=O)N(C)Cc2c(Cl)cc(Cl)cc2Cl)cn1. The van der Waals surface area contributed by atoms with E-state index >= 15 is 0 Å². The molecule has 0 N–H and O–H groups in total. The number of hydrogen-bond acceptors (Lipinski definition) is 3. The Labute approximate surface area is 162 Å². The van der Waals surface area contributed by atoms with Crippen molar-refractivity contribution in [1.29, 1.82) is 0 Å². The molecule has 0 bridgehead atoms. The van der Waals surface area contributed by atoms with Crippen LogP contribution in [0.25, 0.3) is 0 Å². The lowest BCUT2D eigenvalue weighted by Gasteiger charge is -2.21. The first-order valence-electron chi connectivity index (χ1n) is 7.04. The Kier molecular flexibility index (Phi) is 6.26. The molecule has 1 aromatic carbocycles. The third kappa shape index (κ3) is 4.52. The second kappa shape index (κ2) is 7.90. The van der Waals surface area contributed by atoms with E-state index in [1.54, 1.807) is 0 Å². The number of carbonyl (C=O) groups is 1. The van der Waals surface area contributed by atoms with Crippen LogP contribution in [0, 0.1) is 0 Å². The van der Waals surface area contributed by atoms with Gasteiger partial charge in [0.1, 0.15) is 0 Å². The molecule has 0 saturated heterocycles. The van der Waals surface area contributed by atoms with Crippen LogP contribution in [0.15, 0.2) is 24.4 Å². The molecular formula is C16H12Cl3F3N2O2. The Morgan fingerprint density at radius 3 is 2.27 bits per heavy atom. The van der Waals surface area contributed by atoms with Crippen molar-refractivity contribution in [3.63, 3.8) is 0 Å². The Balaban J connectivity index is 2.37. The van der Waals surface area contributed by atoms with E-state index in [4.69, 9.17) is 39.5 Å². The largest absolute Gasteiger partial charge is 0.481 e. The van der Waals surface area contributed by atoms with Gasteiger partial charge in [-0.3, -0.25) is 4.79 Å². The van der Waals surface area contributed by atoms with Crippen LogP contribution in [0.4, 0.5) is 13.2 Å². The second-order valence-electron chi connectivity index (χ2n) is 5.28. The molecule has 1 aromatic heterocycles. The average molecular weight is 428 g/mol. The van der Waals surface area contributed by atoms with Crippen molar-refractivity contribution >= 4 is 40.7 Å². The number of hydrogen-bond donors (Lipinski definition) is 0. The molecule has 0 aliphatic heterocycles. The molecule has 0 saturated carbocycles. The highest BCUT2D eigenvalue weighted by Gasteiger charge is 2.37.